The van der Waals surface area contributed by atoms with Crippen LogP contribution in [0.1, 0.15) is 31.7 Å². The van der Waals surface area contributed by atoms with E-state index in [1.807, 2.05) is 30.5 Å². The number of imidazole rings is 1. The third-order valence-electron chi connectivity index (χ3n) is 5.00. The van der Waals surface area contributed by atoms with Gasteiger partial charge in [-0.1, -0.05) is 31.0 Å². The molecule has 0 saturated heterocycles. The zero-order valence-corrected chi connectivity index (χ0v) is 13.6. The van der Waals surface area contributed by atoms with E-state index < -0.39 is 0 Å². The summed E-state index contributed by atoms with van der Waals surface area (Å²) in [6, 6.07) is 10.3. The molecular formula is C19H17N5O. The Bertz CT molecular complexity index is 1140. The Kier molecular flexibility index (Phi) is 3.16. The summed E-state index contributed by atoms with van der Waals surface area (Å²) in [6.07, 6.45) is 7.87. The number of aromatic amines is 1. The van der Waals surface area contributed by atoms with Crippen molar-refractivity contribution in [3.8, 4) is 11.3 Å². The van der Waals surface area contributed by atoms with Crippen molar-refractivity contribution in [2.75, 3.05) is 0 Å². The molecule has 1 saturated carbocycles. The lowest BCUT2D eigenvalue weighted by atomic mass is 10.1. The van der Waals surface area contributed by atoms with Gasteiger partial charge in [-0.25, -0.2) is 14.8 Å². The van der Waals surface area contributed by atoms with Gasteiger partial charge in [-0.3, -0.25) is 14.5 Å². The molecule has 0 bridgehead atoms. The Balaban J connectivity index is 1.68. The summed E-state index contributed by atoms with van der Waals surface area (Å²) in [6.45, 7) is 0. The second kappa shape index (κ2) is 5.51. The van der Waals surface area contributed by atoms with Gasteiger partial charge >= 0.3 is 5.69 Å². The molecule has 1 aromatic carbocycles. The molecule has 5 rings (SSSR count). The van der Waals surface area contributed by atoms with Crippen molar-refractivity contribution >= 4 is 22.2 Å². The number of H-pyrrole nitrogens is 1. The maximum atomic E-state index is 12.4. The highest BCUT2D eigenvalue weighted by Crippen LogP contribution is 2.30. The van der Waals surface area contributed by atoms with Crippen LogP contribution >= 0.6 is 0 Å². The number of aromatic nitrogens is 5. The van der Waals surface area contributed by atoms with Crippen molar-refractivity contribution < 1.29 is 0 Å². The van der Waals surface area contributed by atoms with Gasteiger partial charge in [-0.05, 0) is 25.0 Å². The first-order chi connectivity index (χ1) is 12.3. The smallest absolute Gasteiger partial charge is 0.289 e. The Hall–Kier alpha value is -3.02. The fraction of sp³-hybridized carbons (Fsp3) is 0.263. The summed E-state index contributed by atoms with van der Waals surface area (Å²) in [5.74, 6) is 0. The average Bonchev–Trinajstić information content (AvgIpc) is 3.27. The summed E-state index contributed by atoms with van der Waals surface area (Å²) in [7, 11) is 0. The molecule has 0 spiro atoms. The van der Waals surface area contributed by atoms with E-state index in [9.17, 15) is 4.79 Å². The first-order valence-electron chi connectivity index (χ1n) is 8.62. The number of pyridine rings is 1. The van der Waals surface area contributed by atoms with Gasteiger partial charge < -0.3 is 0 Å². The van der Waals surface area contributed by atoms with E-state index in [1.54, 1.807) is 10.8 Å². The molecule has 25 heavy (non-hydrogen) atoms. The number of nitrogens with one attached hydrogen (secondary N) is 1. The zero-order chi connectivity index (χ0) is 16.8. The van der Waals surface area contributed by atoms with Crippen LogP contribution in [0.2, 0.25) is 0 Å². The molecular weight excluding hydrogens is 314 g/mol. The highest BCUT2D eigenvalue weighted by Gasteiger charge is 2.22. The highest BCUT2D eigenvalue weighted by atomic mass is 16.1. The van der Waals surface area contributed by atoms with Gasteiger partial charge in [0.05, 0.1) is 17.4 Å². The molecule has 0 amide bonds. The maximum Gasteiger partial charge on any atom is 0.329 e. The SMILES string of the molecule is O=c1[nH]c2ncc(-c3cnc4ccccc4c3)nc2n1C1CCCC1. The molecule has 0 radical (unpaired) electrons. The van der Waals surface area contributed by atoms with Crippen LogP contribution in [0.15, 0.2) is 47.5 Å². The van der Waals surface area contributed by atoms with Gasteiger partial charge in [0.15, 0.2) is 11.3 Å². The summed E-state index contributed by atoms with van der Waals surface area (Å²) >= 11 is 0. The number of fused-ring (bicyclic) bond motifs is 2. The fourth-order valence-electron chi connectivity index (χ4n) is 3.74. The van der Waals surface area contributed by atoms with E-state index in [0.29, 0.717) is 11.3 Å². The van der Waals surface area contributed by atoms with Gasteiger partial charge in [0.1, 0.15) is 0 Å². The fourth-order valence-corrected chi connectivity index (χ4v) is 3.74. The number of benzene rings is 1. The molecule has 6 nitrogen and oxygen atoms in total. The van der Waals surface area contributed by atoms with Crippen LogP contribution in [0.5, 0.6) is 0 Å². The predicted octanol–water partition coefficient (Wildman–Crippen LogP) is 3.45. The molecule has 1 fully saturated rings. The quantitative estimate of drug-likeness (QED) is 0.610. The molecule has 0 unspecified atom stereocenters. The van der Waals surface area contributed by atoms with Crippen LogP contribution in [-0.2, 0) is 0 Å². The molecule has 0 aliphatic heterocycles. The lowest BCUT2D eigenvalue weighted by molar-refractivity contribution is 0.515. The van der Waals surface area contributed by atoms with Crippen molar-refractivity contribution in [1.29, 1.82) is 0 Å². The van der Waals surface area contributed by atoms with Crippen LogP contribution < -0.4 is 5.69 Å². The molecule has 4 aromatic rings. The van der Waals surface area contributed by atoms with E-state index in [2.05, 4.69) is 21.0 Å². The van der Waals surface area contributed by atoms with E-state index in [-0.39, 0.29) is 11.7 Å². The van der Waals surface area contributed by atoms with Crippen molar-refractivity contribution in [2.45, 2.75) is 31.7 Å². The first kappa shape index (κ1) is 14.3. The maximum absolute atomic E-state index is 12.4. The van der Waals surface area contributed by atoms with Crippen LogP contribution in [0.4, 0.5) is 0 Å². The third kappa shape index (κ3) is 2.33. The zero-order valence-electron chi connectivity index (χ0n) is 13.6. The highest BCUT2D eigenvalue weighted by molar-refractivity contribution is 5.83. The second-order valence-corrected chi connectivity index (χ2v) is 6.58. The Morgan fingerprint density at radius 3 is 2.80 bits per heavy atom. The Morgan fingerprint density at radius 2 is 1.92 bits per heavy atom. The number of para-hydroxylation sites is 1. The van der Waals surface area contributed by atoms with Gasteiger partial charge in [0.2, 0.25) is 0 Å². The van der Waals surface area contributed by atoms with Crippen molar-refractivity contribution in [2.24, 2.45) is 0 Å². The van der Waals surface area contributed by atoms with Crippen LogP contribution in [-0.4, -0.2) is 24.5 Å². The molecule has 1 aliphatic rings. The molecule has 3 heterocycles. The van der Waals surface area contributed by atoms with Gasteiger partial charge in [-0.15, -0.1) is 0 Å². The summed E-state index contributed by atoms with van der Waals surface area (Å²) in [5.41, 5.74) is 3.66. The molecule has 6 heteroatoms. The minimum absolute atomic E-state index is 0.115. The van der Waals surface area contributed by atoms with Gasteiger partial charge in [0, 0.05) is 23.2 Å². The van der Waals surface area contributed by atoms with Crippen molar-refractivity contribution in [3.05, 3.63) is 53.2 Å². The first-order valence-corrected chi connectivity index (χ1v) is 8.62. The molecule has 3 aromatic heterocycles. The van der Waals surface area contributed by atoms with Crippen LogP contribution in [0, 0.1) is 0 Å². The lowest BCUT2D eigenvalue weighted by Gasteiger charge is -2.10. The second-order valence-electron chi connectivity index (χ2n) is 6.58. The van der Waals surface area contributed by atoms with Crippen molar-refractivity contribution in [3.63, 3.8) is 0 Å². The predicted molar refractivity (Wildman–Crippen MR) is 96.4 cm³/mol. The normalized spacial score (nSPS) is 15.4. The number of nitrogens with zero attached hydrogens (tertiary/aromatic N) is 4. The van der Waals surface area contributed by atoms with Crippen LogP contribution in [0.25, 0.3) is 33.5 Å². The third-order valence-corrected chi connectivity index (χ3v) is 5.00. The summed E-state index contributed by atoms with van der Waals surface area (Å²) in [4.78, 5) is 28.9. The van der Waals surface area contributed by atoms with Crippen LogP contribution in [0.3, 0.4) is 0 Å². The lowest BCUT2D eigenvalue weighted by Crippen LogP contribution is -2.20. The Morgan fingerprint density at radius 1 is 1.08 bits per heavy atom. The molecule has 0 atom stereocenters. The average molecular weight is 331 g/mol. The minimum Gasteiger partial charge on any atom is -0.289 e. The Labute approximate surface area is 143 Å². The van der Waals surface area contributed by atoms with E-state index >= 15 is 0 Å². The molecule has 124 valence electrons. The number of hydrogen-bond acceptors (Lipinski definition) is 4. The number of hydrogen-bond donors (Lipinski definition) is 1. The van der Waals surface area contributed by atoms with E-state index in [4.69, 9.17) is 4.98 Å². The van der Waals surface area contributed by atoms with Gasteiger partial charge in [-0.2, -0.15) is 0 Å². The topological polar surface area (TPSA) is 76.5 Å². The minimum atomic E-state index is -0.115. The summed E-state index contributed by atoms with van der Waals surface area (Å²) in [5, 5.41) is 1.06. The molecule has 1 N–H and O–H groups in total. The molecule has 1 aliphatic carbocycles. The standard InChI is InChI=1S/C19H17N5O/c25-19-23-17-18(24(19)14-6-2-3-7-14)22-16(11-21-17)13-9-12-5-1-4-8-15(12)20-10-13/h1,4-5,8-11,14H,2-3,6-7H2,(H,21,23,25). The van der Waals surface area contributed by atoms with E-state index in [1.165, 1.54) is 0 Å². The van der Waals surface area contributed by atoms with E-state index in [0.717, 1.165) is 47.8 Å². The van der Waals surface area contributed by atoms with Gasteiger partial charge in [0.25, 0.3) is 0 Å². The van der Waals surface area contributed by atoms with Crippen molar-refractivity contribution in [1.82, 2.24) is 24.5 Å². The summed E-state index contributed by atoms with van der Waals surface area (Å²) < 4.78 is 1.79. The largest absolute Gasteiger partial charge is 0.329 e. The monoisotopic (exact) mass is 331 g/mol. The number of rotatable bonds is 2.